The van der Waals surface area contributed by atoms with E-state index in [0.717, 1.165) is 55.6 Å². The molecule has 4 nitrogen and oxygen atoms in total. The second kappa shape index (κ2) is 10.5. The molecule has 1 saturated heterocycles. The predicted molar refractivity (Wildman–Crippen MR) is 130 cm³/mol. The van der Waals surface area contributed by atoms with Crippen LogP contribution in [-0.4, -0.2) is 35.7 Å². The molecule has 2 aromatic carbocycles. The number of aromatic carboxylic acids is 1. The zero-order chi connectivity index (χ0) is 21.3. The number of benzene rings is 2. The number of hydrogen-bond donors (Lipinski definition) is 1. The standard InChI is InChI=1S/C24H27Cl2NO3.H2S/c1-15(19-10-20(25)13-21(26)11-19)27-8-6-16(7-9-27)14-30-23-5-4-18(24(28)29)12-22(23)17-2-3-17;/h4-5,10-13,15-17H,2-3,6-9,14H2,1H3,(H,28,29);1H2/t15-;/m0./s1. The predicted octanol–water partition coefficient (Wildman–Crippen LogP) is 6.53. The molecule has 0 radical (unpaired) electrons. The van der Waals surface area contributed by atoms with Gasteiger partial charge in [0, 0.05) is 16.1 Å². The molecule has 168 valence electrons. The van der Waals surface area contributed by atoms with Crippen molar-refractivity contribution in [3.8, 4) is 5.75 Å². The minimum absolute atomic E-state index is 0. The molecule has 2 aromatic rings. The molecule has 0 aromatic heterocycles. The summed E-state index contributed by atoms with van der Waals surface area (Å²) in [6, 6.07) is 11.3. The number of rotatable bonds is 7. The molecule has 1 N–H and O–H groups in total. The van der Waals surface area contributed by atoms with Gasteiger partial charge in [-0.2, -0.15) is 13.5 Å². The summed E-state index contributed by atoms with van der Waals surface area (Å²) in [5, 5.41) is 10.6. The number of piperidine rings is 1. The van der Waals surface area contributed by atoms with E-state index in [2.05, 4.69) is 11.8 Å². The summed E-state index contributed by atoms with van der Waals surface area (Å²) in [6.45, 7) is 4.89. The van der Waals surface area contributed by atoms with E-state index < -0.39 is 5.97 Å². The minimum Gasteiger partial charge on any atom is -0.493 e. The highest BCUT2D eigenvalue weighted by atomic mass is 35.5. The fourth-order valence-corrected chi connectivity index (χ4v) is 4.81. The minimum atomic E-state index is -0.883. The topological polar surface area (TPSA) is 49.8 Å². The third-order valence-corrected chi connectivity index (χ3v) is 6.75. The van der Waals surface area contributed by atoms with Gasteiger partial charge >= 0.3 is 5.97 Å². The third-order valence-electron chi connectivity index (χ3n) is 6.31. The Morgan fingerprint density at radius 2 is 1.74 bits per heavy atom. The van der Waals surface area contributed by atoms with E-state index in [1.165, 1.54) is 0 Å². The van der Waals surface area contributed by atoms with Crippen molar-refractivity contribution in [2.24, 2.45) is 5.92 Å². The Morgan fingerprint density at radius 3 is 2.32 bits per heavy atom. The molecule has 1 saturated carbocycles. The van der Waals surface area contributed by atoms with Gasteiger partial charge < -0.3 is 9.84 Å². The second-order valence-corrected chi connectivity index (χ2v) is 9.37. The lowest BCUT2D eigenvalue weighted by atomic mass is 9.95. The van der Waals surface area contributed by atoms with E-state index >= 15 is 0 Å². The number of carbonyl (C=O) groups is 1. The maximum absolute atomic E-state index is 11.3. The van der Waals surface area contributed by atoms with Crippen LogP contribution in [0, 0.1) is 5.92 Å². The van der Waals surface area contributed by atoms with Crippen LogP contribution in [0.5, 0.6) is 5.75 Å². The first-order chi connectivity index (χ1) is 14.4. The summed E-state index contributed by atoms with van der Waals surface area (Å²) in [7, 11) is 0. The first-order valence-electron chi connectivity index (χ1n) is 10.6. The van der Waals surface area contributed by atoms with Crippen molar-refractivity contribution < 1.29 is 14.6 Å². The number of carboxylic acid groups (broad SMARTS) is 1. The van der Waals surface area contributed by atoms with Crippen molar-refractivity contribution in [2.45, 2.75) is 44.6 Å². The molecular weight excluding hydrogens is 453 g/mol. The molecule has 0 amide bonds. The van der Waals surface area contributed by atoms with E-state index in [1.54, 1.807) is 18.2 Å². The van der Waals surface area contributed by atoms with Crippen molar-refractivity contribution in [1.29, 1.82) is 0 Å². The van der Waals surface area contributed by atoms with Gasteiger partial charge in [0.25, 0.3) is 0 Å². The van der Waals surface area contributed by atoms with Crippen molar-refractivity contribution in [1.82, 2.24) is 4.90 Å². The molecule has 2 fully saturated rings. The first-order valence-corrected chi connectivity index (χ1v) is 11.4. The average Bonchev–Trinajstić information content (AvgIpc) is 3.56. The number of nitrogens with zero attached hydrogens (tertiary/aromatic N) is 1. The highest BCUT2D eigenvalue weighted by Gasteiger charge is 2.29. The highest BCUT2D eigenvalue weighted by Crippen LogP contribution is 2.45. The molecule has 4 rings (SSSR count). The molecule has 1 atom stereocenters. The number of carboxylic acids is 1. The van der Waals surface area contributed by atoms with Crippen LogP contribution in [0.1, 0.15) is 66.1 Å². The fourth-order valence-electron chi connectivity index (χ4n) is 4.27. The van der Waals surface area contributed by atoms with Crippen LogP contribution in [0.15, 0.2) is 36.4 Å². The lowest BCUT2D eigenvalue weighted by Crippen LogP contribution is -2.37. The van der Waals surface area contributed by atoms with Gasteiger partial charge in [0.1, 0.15) is 5.75 Å². The van der Waals surface area contributed by atoms with Gasteiger partial charge in [-0.1, -0.05) is 23.2 Å². The van der Waals surface area contributed by atoms with E-state index in [0.29, 0.717) is 34.1 Å². The molecule has 7 heteroatoms. The molecule has 0 bridgehead atoms. The second-order valence-electron chi connectivity index (χ2n) is 8.50. The van der Waals surface area contributed by atoms with Crippen LogP contribution in [0.4, 0.5) is 0 Å². The van der Waals surface area contributed by atoms with Gasteiger partial charge in [0.05, 0.1) is 12.2 Å². The van der Waals surface area contributed by atoms with Crippen LogP contribution < -0.4 is 4.74 Å². The molecule has 31 heavy (non-hydrogen) atoms. The van der Waals surface area contributed by atoms with Gasteiger partial charge in [-0.25, -0.2) is 4.79 Å². The van der Waals surface area contributed by atoms with Crippen LogP contribution in [-0.2, 0) is 0 Å². The summed E-state index contributed by atoms with van der Waals surface area (Å²) in [4.78, 5) is 13.7. The summed E-state index contributed by atoms with van der Waals surface area (Å²) >= 11 is 12.3. The highest BCUT2D eigenvalue weighted by molar-refractivity contribution is 7.59. The molecular formula is C24H29Cl2NO3S. The van der Waals surface area contributed by atoms with Crippen molar-refractivity contribution >= 4 is 42.7 Å². The van der Waals surface area contributed by atoms with E-state index in [4.69, 9.17) is 27.9 Å². The number of halogens is 2. The molecule has 1 aliphatic carbocycles. The van der Waals surface area contributed by atoms with Crippen LogP contribution in [0.3, 0.4) is 0 Å². The Morgan fingerprint density at radius 1 is 1.10 bits per heavy atom. The number of ether oxygens (including phenoxy) is 1. The van der Waals surface area contributed by atoms with Gasteiger partial charge in [-0.05, 0) is 105 Å². The lowest BCUT2D eigenvalue weighted by Gasteiger charge is -2.36. The normalized spacial score (nSPS) is 18.3. The van der Waals surface area contributed by atoms with E-state index in [-0.39, 0.29) is 19.5 Å². The number of hydrogen-bond acceptors (Lipinski definition) is 3. The summed E-state index contributed by atoms with van der Waals surface area (Å²) in [6.07, 6.45) is 4.38. The Kier molecular flexibility index (Phi) is 8.19. The van der Waals surface area contributed by atoms with Gasteiger partial charge in [0.15, 0.2) is 0 Å². The summed E-state index contributed by atoms with van der Waals surface area (Å²) in [5.74, 6) is 0.923. The van der Waals surface area contributed by atoms with Gasteiger partial charge in [0.2, 0.25) is 0 Å². The van der Waals surface area contributed by atoms with Crippen molar-refractivity contribution in [2.75, 3.05) is 19.7 Å². The average molecular weight is 482 g/mol. The SMILES string of the molecule is C[C@@H](c1cc(Cl)cc(Cl)c1)N1CCC(COc2ccc(C(=O)O)cc2C2CC2)CC1.S. The zero-order valence-electron chi connectivity index (χ0n) is 17.6. The Balaban J connectivity index is 0.00000272. The van der Waals surface area contributed by atoms with E-state index in [9.17, 15) is 9.90 Å². The third kappa shape index (κ3) is 6.10. The number of likely N-dealkylation sites (tertiary alicyclic amines) is 1. The smallest absolute Gasteiger partial charge is 0.335 e. The molecule has 1 aliphatic heterocycles. The molecule has 0 unspecified atom stereocenters. The Labute approximate surface area is 200 Å². The van der Waals surface area contributed by atoms with Crippen LogP contribution in [0.25, 0.3) is 0 Å². The quantitative estimate of drug-likeness (QED) is 0.487. The first kappa shape index (κ1) is 24.2. The maximum atomic E-state index is 11.3. The molecule has 2 aliphatic rings. The Hall–Kier alpha value is -1.40. The fraction of sp³-hybridized carbons (Fsp3) is 0.458. The lowest BCUT2D eigenvalue weighted by molar-refractivity contribution is 0.0696. The zero-order valence-corrected chi connectivity index (χ0v) is 20.1. The Bertz CT molecular complexity index is 907. The largest absolute Gasteiger partial charge is 0.493 e. The van der Waals surface area contributed by atoms with Gasteiger partial charge in [-0.3, -0.25) is 4.90 Å². The van der Waals surface area contributed by atoms with Gasteiger partial charge in [-0.15, -0.1) is 0 Å². The van der Waals surface area contributed by atoms with Crippen LogP contribution in [0.2, 0.25) is 10.0 Å². The van der Waals surface area contributed by atoms with Crippen LogP contribution >= 0.6 is 36.7 Å². The monoisotopic (exact) mass is 481 g/mol. The summed E-state index contributed by atoms with van der Waals surface area (Å²) < 4.78 is 6.18. The molecule has 1 heterocycles. The van der Waals surface area contributed by atoms with E-state index in [1.807, 2.05) is 18.2 Å². The molecule has 0 spiro atoms. The maximum Gasteiger partial charge on any atom is 0.335 e. The van der Waals surface area contributed by atoms with Crippen molar-refractivity contribution in [3.05, 3.63) is 63.1 Å². The van der Waals surface area contributed by atoms with Crippen molar-refractivity contribution in [3.63, 3.8) is 0 Å². The summed E-state index contributed by atoms with van der Waals surface area (Å²) in [5.41, 5.74) is 2.54.